The fourth-order valence-corrected chi connectivity index (χ4v) is 4.85. The van der Waals surface area contributed by atoms with Crippen molar-refractivity contribution >= 4 is 12.6 Å². The minimum atomic E-state index is -0.137. The van der Waals surface area contributed by atoms with E-state index in [4.69, 9.17) is 0 Å². The van der Waals surface area contributed by atoms with E-state index in [0.717, 1.165) is 16.9 Å². The molecular weight excluding hydrogens is 276 g/mol. The average molecular weight is 309 g/mol. The van der Waals surface area contributed by atoms with Gasteiger partial charge < -0.3 is 5.11 Å². The largest absolute Gasteiger partial charge is 0.508 e. The van der Waals surface area contributed by atoms with Crippen LogP contribution >= 0.6 is 12.6 Å². The van der Waals surface area contributed by atoms with Gasteiger partial charge in [0, 0.05) is 0 Å². The van der Waals surface area contributed by atoms with Crippen molar-refractivity contribution in [3.8, 4) is 5.75 Å². The number of rotatable bonds is 4. The lowest BCUT2D eigenvalue weighted by Gasteiger charge is -2.51. The Bertz CT molecular complexity index is 495. The highest BCUT2D eigenvalue weighted by molar-refractivity contribution is 7.80. The Morgan fingerprint density at radius 3 is 1.95 bits per heavy atom. The van der Waals surface area contributed by atoms with E-state index < -0.39 is 0 Å². The van der Waals surface area contributed by atoms with Crippen molar-refractivity contribution in [1.82, 2.24) is 0 Å². The number of phenolic OH excluding ortho intramolecular Hbond substituents is 1. The molecule has 0 aliphatic carbocycles. The second-order valence-corrected chi connectivity index (χ2v) is 9.00. The highest BCUT2D eigenvalue weighted by atomic mass is 32.1. The van der Waals surface area contributed by atoms with E-state index in [2.05, 4.69) is 73.2 Å². The van der Waals surface area contributed by atoms with Gasteiger partial charge in [0.25, 0.3) is 0 Å². The van der Waals surface area contributed by atoms with Crippen molar-refractivity contribution in [2.45, 2.75) is 60.8 Å². The van der Waals surface area contributed by atoms with Gasteiger partial charge in [-0.25, -0.2) is 0 Å². The third kappa shape index (κ3) is 3.77. The lowest BCUT2D eigenvalue weighted by molar-refractivity contribution is 0.0375. The number of aryl methyl sites for hydroxylation is 1. The van der Waals surface area contributed by atoms with Crippen molar-refractivity contribution in [3.05, 3.63) is 29.3 Å². The summed E-state index contributed by atoms with van der Waals surface area (Å²) in [7, 11) is 0. The lowest BCUT2D eigenvalue weighted by Crippen LogP contribution is -2.47. The molecule has 1 aromatic rings. The molecule has 0 amide bonds. The monoisotopic (exact) mass is 308 g/mol. The highest BCUT2D eigenvalue weighted by Crippen LogP contribution is 2.53. The molecule has 0 aromatic heterocycles. The molecule has 1 atom stereocenters. The minimum Gasteiger partial charge on any atom is -0.508 e. The first kappa shape index (κ1) is 18.4. The van der Waals surface area contributed by atoms with Gasteiger partial charge in [-0.1, -0.05) is 60.6 Å². The maximum atomic E-state index is 10.5. The molecule has 1 aromatic carbocycles. The standard InChI is InChI=1S/C19H32OS/c1-13-9-10-14(15(20)11-13)19(7,8)16(17(2,3)4)18(5,6)12-21/h9-11,16,20-21H,12H2,1-8H3. The molecule has 1 N–H and O–H groups in total. The molecule has 0 bridgehead atoms. The molecule has 0 saturated heterocycles. The van der Waals surface area contributed by atoms with Gasteiger partial charge in [0.15, 0.2) is 0 Å². The minimum absolute atomic E-state index is 0.0716. The number of phenols is 1. The number of hydrogen-bond donors (Lipinski definition) is 2. The number of aromatic hydroxyl groups is 1. The van der Waals surface area contributed by atoms with Crippen LogP contribution in [0, 0.1) is 23.7 Å². The molecule has 0 aliphatic heterocycles. The zero-order valence-corrected chi connectivity index (χ0v) is 15.8. The van der Waals surface area contributed by atoms with Crippen molar-refractivity contribution < 1.29 is 5.11 Å². The quantitative estimate of drug-likeness (QED) is 0.694. The van der Waals surface area contributed by atoms with Crippen LogP contribution in [0.2, 0.25) is 0 Å². The summed E-state index contributed by atoms with van der Waals surface area (Å²) in [6, 6.07) is 6.03. The van der Waals surface area contributed by atoms with Gasteiger partial charge in [-0.05, 0) is 52.0 Å². The van der Waals surface area contributed by atoms with Crippen LogP contribution in [0.25, 0.3) is 0 Å². The van der Waals surface area contributed by atoms with Crippen LogP contribution in [-0.2, 0) is 5.41 Å². The Labute approximate surface area is 136 Å². The van der Waals surface area contributed by atoms with Gasteiger partial charge in [0.1, 0.15) is 5.75 Å². The molecule has 0 spiro atoms. The Hall–Kier alpha value is -0.630. The van der Waals surface area contributed by atoms with E-state index in [1.54, 1.807) is 0 Å². The third-order valence-electron chi connectivity index (χ3n) is 4.62. The van der Waals surface area contributed by atoms with E-state index in [9.17, 15) is 5.11 Å². The molecule has 0 heterocycles. The van der Waals surface area contributed by atoms with E-state index in [0.29, 0.717) is 11.7 Å². The van der Waals surface area contributed by atoms with Crippen LogP contribution in [0.5, 0.6) is 5.75 Å². The smallest absolute Gasteiger partial charge is 0.119 e. The average Bonchev–Trinajstić information content (AvgIpc) is 2.25. The van der Waals surface area contributed by atoms with Gasteiger partial charge in [0.05, 0.1) is 0 Å². The summed E-state index contributed by atoms with van der Waals surface area (Å²) in [5.41, 5.74) is 2.17. The Morgan fingerprint density at radius 2 is 1.57 bits per heavy atom. The molecule has 1 rings (SSSR count). The summed E-state index contributed by atoms with van der Waals surface area (Å²) in [6.45, 7) is 17.9. The van der Waals surface area contributed by atoms with Gasteiger partial charge in [-0.3, -0.25) is 0 Å². The Balaban J connectivity index is 3.47. The maximum absolute atomic E-state index is 10.5. The van der Waals surface area contributed by atoms with E-state index in [1.807, 2.05) is 13.0 Å². The molecule has 0 fully saturated rings. The number of thiol groups is 1. The molecule has 0 radical (unpaired) electrons. The second-order valence-electron chi connectivity index (χ2n) is 8.69. The van der Waals surface area contributed by atoms with Gasteiger partial charge in [-0.15, -0.1) is 0 Å². The van der Waals surface area contributed by atoms with Crippen molar-refractivity contribution in [2.24, 2.45) is 16.7 Å². The Kier molecular flexibility index (Phi) is 5.15. The van der Waals surface area contributed by atoms with Gasteiger partial charge in [0.2, 0.25) is 0 Å². The highest BCUT2D eigenvalue weighted by Gasteiger charge is 2.48. The summed E-state index contributed by atoms with van der Waals surface area (Å²) in [5, 5.41) is 10.5. The van der Waals surface area contributed by atoms with Crippen LogP contribution < -0.4 is 0 Å². The van der Waals surface area contributed by atoms with E-state index in [1.165, 1.54) is 0 Å². The number of benzene rings is 1. The predicted octanol–water partition coefficient (Wildman–Crippen LogP) is 5.60. The van der Waals surface area contributed by atoms with Crippen molar-refractivity contribution in [2.75, 3.05) is 5.75 Å². The van der Waals surface area contributed by atoms with Crippen LogP contribution in [0.15, 0.2) is 18.2 Å². The molecule has 21 heavy (non-hydrogen) atoms. The predicted molar refractivity (Wildman–Crippen MR) is 96.4 cm³/mol. The van der Waals surface area contributed by atoms with Crippen LogP contribution in [0.1, 0.15) is 59.6 Å². The molecule has 1 unspecified atom stereocenters. The summed E-state index contributed by atoms with van der Waals surface area (Å²) < 4.78 is 0. The normalized spacial score (nSPS) is 15.1. The summed E-state index contributed by atoms with van der Waals surface area (Å²) in [5.74, 6) is 1.61. The van der Waals surface area contributed by atoms with Gasteiger partial charge >= 0.3 is 0 Å². The zero-order chi connectivity index (χ0) is 16.6. The second kappa shape index (κ2) is 5.87. The summed E-state index contributed by atoms with van der Waals surface area (Å²) in [6.07, 6.45) is 0. The van der Waals surface area contributed by atoms with Crippen molar-refractivity contribution in [1.29, 1.82) is 0 Å². The van der Waals surface area contributed by atoms with Crippen LogP contribution in [-0.4, -0.2) is 10.9 Å². The fourth-order valence-electron chi connectivity index (χ4n) is 4.66. The SMILES string of the molecule is Cc1ccc(C(C)(C)C(C(C)(C)C)C(C)(C)CS)c(O)c1. The Morgan fingerprint density at radius 1 is 1.05 bits per heavy atom. The molecule has 0 saturated carbocycles. The topological polar surface area (TPSA) is 20.2 Å². The lowest BCUT2D eigenvalue weighted by atomic mass is 9.54. The molecular formula is C19H32OS. The number of hydrogen-bond acceptors (Lipinski definition) is 2. The first-order valence-electron chi connectivity index (χ1n) is 7.75. The summed E-state index contributed by atoms with van der Waals surface area (Å²) >= 11 is 4.60. The fraction of sp³-hybridized carbons (Fsp3) is 0.684. The van der Waals surface area contributed by atoms with Crippen LogP contribution in [0.3, 0.4) is 0 Å². The summed E-state index contributed by atoms with van der Waals surface area (Å²) in [4.78, 5) is 0. The zero-order valence-electron chi connectivity index (χ0n) is 14.9. The van der Waals surface area contributed by atoms with Gasteiger partial charge in [-0.2, -0.15) is 12.6 Å². The van der Waals surface area contributed by atoms with Crippen LogP contribution in [0.4, 0.5) is 0 Å². The first-order chi connectivity index (χ1) is 9.34. The third-order valence-corrected chi connectivity index (χ3v) is 5.44. The maximum Gasteiger partial charge on any atom is 0.119 e. The molecule has 2 heteroatoms. The van der Waals surface area contributed by atoms with E-state index in [-0.39, 0.29) is 16.2 Å². The first-order valence-corrected chi connectivity index (χ1v) is 8.38. The van der Waals surface area contributed by atoms with Crippen molar-refractivity contribution in [3.63, 3.8) is 0 Å². The molecule has 0 aliphatic rings. The molecule has 1 nitrogen and oxygen atoms in total. The molecule has 120 valence electrons. The van der Waals surface area contributed by atoms with E-state index >= 15 is 0 Å².